The number of allylic oxidation sites excluding steroid dienone is 2. The van der Waals surface area contributed by atoms with Crippen molar-refractivity contribution < 1.29 is 14.4 Å². The van der Waals surface area contributed by atoms with Crippen molar-refractivity contribution in [3.8, 4) is 0 Å². The molecule has 1 N–H and O–H groups in total. The second-order valence-electron chi connectivity index (χ2n) is 7.10. The van der Waals surface area contributed by atoms with Gasteiger partial charge < -0.3 is 0 Å². The third kappa shape index (κ3) is 2.51. The number of carbonyl (C=O) groups excluding carboxylic acids is 3. The predicted octanol–water partition coefficient (Wildman–Crippen LogP) is 2.49. The molecule has 2 bridgehead atoms. The Kier molecular flexibility index (Phi) is 3.68. The normalized spacial score (nSPS) is 28.5. The van der Waals surface area contributed by atoms with Crippen LogP contribution in [0.25, 0.3) is 0 Å². The fourth-order valence-corrected chi connectivity index (χ4v) is 4.93. The van der Waals surface area contributed by atoms with Gasteiger partial charge in [0.05, 0.1) is 17.5 Å². The zero-order chi connectivity index (χ0) is 18.5. The summed E-state index contributed by atoms with van der Waals surface area (Å²) in [6.45, 7) is 0. The molecule has 4 aliphatic rings. The first-order valence-corrected chi connectivity index (χ1v) is 9.75. The molecule has 0 radical (unpaired) electrons. The van der Waals surface area contributed by atoms with Gasteiger partial charge in [-0.3, -0.25) is 24.6 Å². The third-order valence-electron chi connectivity index (χ3n) is 5.73. The van der Waals surface area contributed by atoms with Gasteiger partial charge >= 0.3 is 0 Å². The molecule has 2 fully saturated rings. The number of rotatable bonds is 3. The fraction of sp³-hybridized carbons (Fsp3) is 0.316. The maximum Gasteiger partial charge on any atom is 0.257 e. The number of fused-ring (bicyclic) bond motifs is 1. The van der Waals surface area contributed by atoms with E-state index in [1.807, 2.05) is 0 Å². The summed E-state index contributed by atoms with van der Waals surface area (Å²) < 4.78 is 0. The molecule has 7 nitrogen and oxygen atoms in total. The number of carbonyl (C=O) groups is 3. The van der Waals surface area contributed by atoms with Gasteiger partial charge in [-0.15, -0.1) is 10.2 Å². The number of anilines is 2. The van der Waals surface area contributed by atoms with E-state index in [1.165, 1.54) is 21.7 Å². The van der Waals surface area contributed by atoms with Crippen molar-refractivity contribution in [2.45, 2.75) is 12.8 Å². The van der Waals surface area contributed by atoms with E-state index < -0.39 is 0 Å². The van der Waals surface area contributed by atoms with Gasteiger partial charge in [0, 0.05) is 5.56 Å². The summed E-state index contributed by atoms with van der Waals surface area (Å²) in [6, 6.07) is 6.52. The first-order chi connectivity index (χ1) is 13.1. The highest BCUT2D eigenvalue weighted by atomic mass is 32.1. The van der Waals surface area contributed by atoms with E-state index >= 15 is 0 Å². The van der Waals surface area contributed by atoms with Crippen LogP contribution in [0.2, 0.25) is 0 Å². The van der Waals surface area contributed by atoms with E-state index in [4.69, 9.17) is 0 Å². The van der Waals surface area contributed by atoms with Crippen molar-refractivity contribution in [2.75, 3.05) is 10.2 Å². The predicted molar refractivity (Wildman–Crippen MR) is 99.1 cm³/mol. The zero-order valence-electron chi connectivity index (χ0n) is 14.2. The van der Waals surface area contributed by atoms with E-state index in [0.717, 1.165) is 12.8 Å². The van der Waals surface area contributed by atoms with Crippen molar-refractivity contribution >= 4 is 39.9 Å². The molecule has 2 heterocycles. The molecule has 4 unspecified atom stereocenters. The molecule has 3 aliphatic carbocycles. The van der Waals surface area contributed by atoms with Crippen LogP contribution in [0.15, 0.2) is 41.9 Å². The van der Waals surface area contributed by atoms with Crippen LogP contribution in [-0.2, 0) is 9.59 Å². The largest absolute Gasteiger partial charge is 0.296 e. The quantitative estimate of drug-likeness (QED) is 0.652. The number of imide groups is 1. The molecule has 6 rings (SSSR count). The van der Waals surface area contributed by atoms with Crippen LogP contribution in [-0.4, -0.2) is 27.9 Å². The molecule has 1 saturated carbocycles. The van der Waals surface area contributed by atoms with Crippen LogP contribution in [0.5, 0.6) is 0 Å². The van der Waals surface area contributed by atoms with Gasteiger partial charge in [0.25, 0.3) is 5.91 Å². The van der Waals surface area contributed by atoms with E-state index in [1.54, 1.807) is 24.3 Å². The summed E-state index contributed by atoms with van der Waals surface area (Å²) in [4.78, 5) is 39.4. The summed E-state index contributed by atoms with van der Waals surface area (Å²) in [5, 5.41) is 10.5. The molecule has 1 aromatic carbocycles. The number of nitrogens with zero attached hydrogens (tertiary/aromatic N) is 3. The molecule has 0 spiro atoms. The molecule has 1 aliphatic heterocycles. The highest BCUT2D eigenvalue weighted by molar-refractivity contribution is 7.13. The monoisotopic (exact) mass is 380 g/mol. The molecule has 27 heavy (non-hydrogen) atoms. The average molecular weight is 380 g/mol. The Morgan fingerprint density at radius 1 is 1.04 bits per heavy atom. The van der Waals surface area contributed by atoms with Crippen molar-refractivity contribution in [1.82, 2.24) is 10.2 Å². The van der Waals surface area contributed by atoms with Crippen LogP contribution in [0, 0.1) is 23.7 Å². The lowest BCUT2D eigenvalue weighted by atomic mass is 9.63. The zero-order valence-corrected chi connectivity index (χ0v) is 15.1. The first-order valence-electron chi connectivity index (χ1n) is 8.87. The van der Waals surface area contributed by atoms with Gasteiger partial charge in [-0.05, 0) is 48.9 Å². The molecule has 2 aromatic rings. The Labute approximate surface area is 159 Å². The lowest BCUT2D eigenvalue weighted by Crippen LogP contribution is -2.38. The summed E-state index contributed by atoms with van der Waals surface area (Å²) >= 11 is 1.23. The van der Waals surface area contributed by atoms with Crippen LogP contribution in [0.3, 0.4) is 0 Å². The molecule has 4 atom stereocenters. The highest BCUT2D eigenvalue weighted by Crippen LogP contribution is 2.50. The van der Waals surface area contributed by atoms with E-state index in [0.29, 0.717) is 16.4 Å². The minimum Gasteiger partial charge on any atom is -0.296 e. The molecule has 3 amide bonds. The summed E-state index contributed by atoms with van der Waals surface area (Å²) in [7, 11) is 0. The third-order valence-corrected chi connectivity index (χ3v) is 6.33. The lowest BCUT2D eigenvalue weighted by Gasteiger charge is -2.38. The Morgan fingerprint density at radius 2 is 1.67 bits per heavy atom. The molecule has 1 saturated heterocycles. The Morgan fingerprint density at radius 3 is 2.19 bits per heavy atom. The number of benzene rings is 1. The van der Waals surface area contributed by atoms with Crippen LogP contribution in [0.4, 0.5) is 10.8 Å². The number of hydrogen-bond donors (Lipinski definition) is 1. The van der Waals surface area contributed by atoms with E-state index in [2.05, 4.69) is 27.7 Å². The Bertz CT molecular complexity index is 922. The van der Waals surface area contributed by atoms with Gasteiger partial charge in [-0.2, -0.15) is 0 Å². The topological polar surface area (TPSA) is 92.3 Å². The SMILES string of the molecule is O=C(Nc1nncs1)c1ccc(N2C(=O)C3C4C=CC(CC4)C3C2=O)cc1. The standard InChI is InChI=1S/C19H16N4O3S/c24-16(21-19-22-20-9-27-19)12-5-7-13(8-6-12)23-17(25)14-10-1-2-11(4-3-10)15(14)18(23)26/h1-2,5-11,14-15H,3-4H2,(H,21,22,24). The molecular formula is C19H16N4O3S. The van der Waals surface area contributed by atoms with Crippen molar-refractivity contribution in [2.24, 2.45) is 23.7 Å². The molecule has 136 valence electrons. The maximum atomic E-state index is 12.9. The van der Waals surface area contributed by atoms with Gasteiger partial charge in [0.15, 0.2) is 0 Å². The minimum atomic E-state index is -0.312. The number of aromatic nitrogens is 2. The van der Waals surface area contributed by atoms with Gasteiger partial charge in [-0.1, -0.05) is 23.5 Å². The Hall–Kier alpha value is -2.87. The van der Waals surface area contributed by atoms with Gasteiger partial charge in [0.1, 0.15) is 5.51 Å². The van der Waals surface area contributed by atoms with Crippen molar-refractivity contribution in [3.05, 3.63) is 47.5 Å². The Balaban J connectivity index is 1.38. The number of nitrogens with one attached hydrogen (secondary N) is 1. The van der Waals surface area contributed by atoms with Gasteiger partial charge in [0.2, 0.25) is 16.9 Å². The second-order valence-corrected chi connectivity index (χ2v) is 7.93. The number of amides is 3. The van der Waals surface area contributed by atoms with Gasteiger partial charge in [-0.25, -0.2) is 0 Å². The minimum absolute atomic E-state index is 0.116. The first kappa shape index (κ1) is 16.3. The van der Waals surface area contributed by atoms with Crippen molar-refractivity contribution in [3.63, 3.8) is 0 Å². The highest BCUT2D eigenvalue weighted by Gasteiger charge is 2.56. The van der Waals surface area contributed by atoms with Crippen LogP contribution >= 0.6 is 11.3 Å². The summed E-state index contributed by atoms with van der Waals surface area (Å²) in [5.74, 6) is -0.682. The lowest BCUT2D eigenvalue weighted by molar-refractivity contribution is -0.124. The van der Waals surface area contributed by atoms with E-state index in [-0.39, 0.29) is 41.4 Å². The summed E-state index contributed by atoms with van der Waals surface area (Å²) in [5.41, 5.74) is 2.48. The average Bonchev–Trinajstić information content (AvgIpc) is 3.30. The second kappa shape index (κ2) is 6.09. The van der Waals surface area contributed by atoms with Crippen LogP contribution in [0.1, 0.15) is 23.2 Å². The molecule has 8 heteroatoms. The molecular weight excluding hydrogens is 364 g/mol. The van der Waals surface area contributed by atoms with Crippen LogP contribution < -0.4 is 10.2 Å². The smallest absolute Gasteiger partial charge is 0.257 e. The number of hydrogen-bond acceptors (Lipinski definition) is 6. The molecule has 1 aromatic heterocycles. The fourth-order valence-electron chi connectivity index (χ4n) is 4.49. The maximum absolute atomic E-state index is 12.9. The summed E-state index contributed by atoms with van der Waals surface area (Å²) in [6.07, 6.45) is 6.15. The van der Waals surface area contributed by atoms with E-state index in [9.17, 15) is 14.4 Å². The van der Waals surface area contributed by atoms with Crippen molar-refractivity contribution in [1.29, 1.82) is 0 Å².